The summed E-state index contributed by atoms with van der Waals surface area (Å²) >= 11 is 0. The highest BCUT2D eigenvalue weighted by atomic mass is 32.2. The highest BCUT2D eigenvalue weighted by Gasteiger charge is 2.27. The van der Waals surface area contributed by atoms with Crippen molar-refractivity contribution in [1.82, 2.24) is 9.73 Å². The van der Waals surface area contributed by atoms with Crippen LogP contribution in [0, 0.1) is 6.92 Å². The third-order valence-corrected chi connectivity index (χ3v) is 5.73. The van der Waals surface area contributed by atoms with Gasteiger partial charge in [0.25, 0.3) is 5.91 Å². The van der Waals surface area contributed by atoms with Crippen molar-refractivity contribution in [1.29, 1.82) is 0 Å². The molecule has 2 aromatic carbocycles. The topological polar surface area (TPSA) is 97.3 Å². The summed E-state index contributed by atoms with van der Waals surface area (Å²) in [6, 6.07) is 12.0. The van der Waals surface area contributed by atoms with Crippen LogP contribution < -0.4 is 14.9 Å². The molecule has 1 N–H and O–H groups in total. The molecule has 0 aliphatic carbocycles. The maximum atomic E-state index is 12.8. The number of nitrogens with zero attached hydrogens (tertiary/aromatic N) is 2. The number of ether oxygens (including phenoxy) is 2. The maximum Gasteiger partial charge on any atom is 0.255 e. The molecule has 0 bridgehead atoms. The molecule has 0 saturated carbocycles. The zero-order valence-electron chi connectivity index (χ0n) is 16.2. The zero-order chi connectivity index (χ0) is 20.7. The standard InChI is InChI=1S/C19H23N3O5S/c1-14-5-7-15(8-6-14)12-20-21-19(23)13-22(2)28(24,25)18-11-16(26-3)9-10-17(18)27-4/h5-12H,13H2,1-4H3,(H,21,23)/b20-12+. The monoisotopic (exact) mass is 405 g/mol. The molecule has 0 radical (unpaired) electrons. The highest BCUT2D eigenvalue weighted by Crippen LogP contribution is 2.30. The number of hydrogen-bond acceptors (Lipinski definition) is 6. The molecule has 28 heavy (non-hydrogen) atoms. The van der Waals surface area contributed by atoms with Crippen LogP contribution in [0.2, 0.25) is 0 Å². The molecule has 8 nitrogen and oxygen atoms in total. The van der Waals surface area contributed by atoms with Crippen LogP contribution in [0.4, 0.5) is 0 Å². The fourth-order valence-electron chi connectivity index (χ4n) is 2.31. The van der Waals surface area contributed by atoms with Crippen molar-refractivity contribution in [2.75, 3.05) is 27.8 Å². The van der Waals surface area contributed by atoms with Crippen LogP contribution in [0.1, 0.15) is 11.1 Å². The molecule has 0 heterocycles. The molecule has 2 rings (SSSR count). The minimum Gasteiger partial charge on any atom is -0.497 e. The summed E-state index contributed by atoms with van der Waals surface area (Å²) in [5.41, 5.74) is 4.24. The molecule has 0 fully saturated rings. The molecule has 9 heteroatoms. The van der Waals surface area contributed by atoms with E-state index in [4.69, 9.17) is 9.47 Å². The van der Waals surface area contributed by atoms with Crippen molar-refractivity contribution in [3.8, 4) is 11.5 Å². The first-order valence-corrected chi connectivity index (χ1v) is 9.79. The Balaban J connectivity index is 2.07. The Labute approximate surface area is 164 Å². The average molecular weight is 405 g/mol. The molecule has 0 aliphatic heterocycles. The minimum atomic E-state index is -3.98. The van der Waals surface area contributed by atoms with E-state index in [1.54, 1.807) is 6.07 Å². The summed E-state index contributed by atoms with van der Waals surface area (Å²) in [5, 5.41) is 3.85. The number of carbonyl (C=O) groups excluding carboxylic acids is 1. The summed E-state index contributed by atoms with van der Waals surface area (Å²) in [6.45, 7) is 1.56. The van der Waals surface area contributed by atoms with Gasteiger partial charge < -0.3 is 9.47 Å². The number of hydrazone groups is 1. The molecule has 1 amide bonds. The Bertz CT molecular complexity index is 956. The van der Waals surface area contributed by atoms with Gasteiger partial charge in [-0.2, -0.15) is 9.41 Å². The number of methoxy groups -OCH3 is 2. The fraction of sp³-hybridized carbons (Fsp3) is 0.263. The number of aryl methyl sites for hydroxylation is 1. The van der Waals surface area contributed by atoms with E-state index in [-0.39, 0.29) is 10.6 Å². The predicted molar refractivity (Wildman–Crippen MR) is 106 cm³/mol. The fourth-order valence-corrected chi connectivity index (χ4v) is 3.60. The van der Waals surface area contributed by atoms with Crippen molar-refractivity contribution in [2.24, 2.45) is 5.10 Å². The second-order valence-corrected chi connectivity index (χ2v) is 8.00. The summed E-state index contributed by atoms with van der Waals surface area (Å²) in [5.74, 6) is -0.0540. The minimum absolute atomic E-state index is 0.0900. The van der Waals surface area contributed by atoms with Gasteiger partial charge >= 0.3 is 0 Å². The van der Waals surface area contributed by atoms with Gasteiger partial charge in [0.05, 0.1) is 27.0 Å². The second kappa shape index (κ2) is 9.34. The highest BCUT2D eigenvalue weighted by molar-refractivity contribution is 7.89. The molecular weight excluding hydrogens is 382 g/mol. The first kappa shape index (κ1) is 21.4. The average Bonchev–Trinajstić information content (AvgIpc) is 2.68. The van der Waals surface area contributed by atoms with E-state index in [1.807, 2.05) is 31.2 Å². The molecule has 0 aliphatic rings. The Morgan fingerprint density at radius 3 is 2.43 bits per heavy atom. The molecule has 0 unspecified atom stereocenters. The lowest BCUT2D eigenvalue weighted by molar-refractivity contribution is -0.121. The van der Waals surface area contributed by atoms with Crippen molar-refractivity contribution < 1.29 is 22.7 Å². The van der Waals surface area contributed by atoms with Crippen LogP contribution in [0.5, 0.6) is 11.5 Å². The van der Waals surface area contributed by atoms with Crippen LogP contribution in [0.15, 0.2) is 52.5 Å². The van der Waals surface area contributed by atoms with E-state index in [0.29, 0.717) is 5.75 Å². The number of rotatable bonds is 8. The van der Waals surface area contributed by atoms with Gasteiger partial charge in [0.1, 0.15) is 16.4 Å². The van der Waals surface area contributed by atoms with E-state index < -0.39 is 22.5 Å². The molecule has 150 valence electrons. The molecule has 0 atom stereocenters. The number of likely N-dealkylation sites (N-methyl/N-ethyl adjacent to an activating group) is 1. The quantitative estimate of drug-likeness (QED) is 0.533. The molecule has 0 aromatic heterocycles. The molecule has 2 aromatic rings. The lowest BCUT2D eigenvalue weighted by Crippen LogP contribution is -2.36. The number of amides is 1. The smallest absolute Gasteiger partial charge is 0.255 e. The Kier molecular flexibility index (Phi) is 7.13. The van der Waals surface area contributed by atoms with E-state index in [2.05, 4.69) is 10.5 Å². The van der Waals surface area contributed by atoms with Gasteiger partial charge in [-0.15, -0.1) is 0 Å². The van der Waals surface area contributed by atoms with Gasteiger partial charge in [0.2, 0.25) is 10.0 Å². The number of carbonyl (C=O) groups is 1. The SMILES string of the molecule is COc1ccc(OC)c(S(=O)(=O)N(C)CC(=O)N/N=C/c2ccc(C)cc2)c1. The molecular formula is C19H23N3O5S. The van der Waals surface area contributed by atoms with Crippen LogP contribution in [-0.2, 0) is 14.8 Å². The first-order chi connectivity index (χ1) is 13.3. The summed E-state index contributed by atoms with van der Waals surface area (Å²) in [4.78, 5) is 12.0. The van der Waals surface area contributed by atoms with E-state index in [0.717, 1.165) is 15.4 Å². The van der Waals surface area contributed by atoms with Gasteiger partial charge in [-0.05, 0) is 24.6 Å². The van der Waals surface area contributed by atoms with Crippen LogP contribution >= 0.6 is 0 Å². The number of nitrogens with one attached hydrogen (secondary N) is 1. The summed E-state index contributed by atoms with van der Waals surface area (Å²) in [6.07, 6.45) is 1.48. The largest absolute Gasteiger partial charge is 0.497 e. The summed E-state index contributed by atoms with van der Waals surface area (Å²) < 4.78 is 36.7. The Hall–Kier alpha value is -2.91. The van der Waals surface area contributed by atoms with Gasteiger partial charge in [0.15, 0.2) is 0 Å². The van der Waals surface area contributed by atoms with Crippen molar-refractivity contribution in [3.63, 3.8) is 0 Å². The maximum absolute atomic E-state index is 12.8. The third-order valence-electron chi connectivity index (χ3n) is 3.91. The van der Waals surface area contributed by atoms with Gasteiger partial charge in [-0.3, -0.25) is 4.79 Å². The van der Waals surface area contributed by atoms with Crippen LogP contribution in [0.3, 0.4) is 0 Å². The van der Waals surface area contributed by atoms with Gasteiger partial charge in [-0.25, -0.2) is 13.8 Å². The zero-order valence-corrected chi connectivity index (χ0v) is 17.0. The number of sulfonamides is 1. The molecule has 0 spiro atoms. The van der Waals surface area contributed by atoms with Crippen molar-refractivity contribution in [2.45, 2.75) is 11.8 Å². The number of benzene rings is 2. The lowest BCUT2D eigenvalue weighted by atomic mass is 10.2. The summed E-state index contributed by atoms with van der Waals surface area (Å²) in [7, 11) is 0.128. The Morgan fingerprint density at radius 1 is 1.14 bits per heavy atom. The van der Waals surface area contributed by atoms with E-state index in [1.165, 1.54) is 39.6 Å². The Morgan fingerprint density at radius 2 is 1.82 bits per heavy atom. The third kappa shape index (κ3) is 5.30. The van der Waals surface area contributed by atoms with Gasteiger partial charge in [-0.1, -0.05) is 29.8 Å². The van der Waals surface area contributed by atoms with Crippen LogP contribution in [-0.4, -0.2) is 52.7 Å². The van der Waals surface area contributed by atoms with E-state index in [9.17, 15) is 13.2 Å². The van der Waals surface area contributed by atoms with Crippen molar-refractivity contribution >= 4 is 22.1 Å². The first-order valence-electron chi connectivity index (χ1n) is 8.35. The van der Waals surface area contributed by atoms with Crippen LogP contribution in [0.25, 0.3) is 0 Å². The normalized spacial score (nSPS) is 11.6. The predicted octanol–water partition coefficient (Wildman–Crippen LogP) is 1.78. The van der Waals surface area contributed by atoms with Crippen molar-refractivity contribution in [3.05, 3.63) is 53.6 Å². The van der Waals surface area contributed by atoms with Gasteiger partial charge in [0, 0.05) is 13.1 Å². The number of hydrogen-bond donors (Lipinski definition) is 1. The molecule has 0 saturated heterocycles. The lowest BCUT2D eigenvalue weighted by Gasteiger charge is -2.18. The second-order valence-electron chi connectivity index (χ2n) is 5.98. The van der Waals surface area contributed by atoms with E-state index >= 15 is 0 Å².